The molecule has 0 radical (unpaired) electrons. The maximum atomic E-state index is 13.8. The van der Waals surface area contributed by atoms with Crippen molar-refractivity contribution in [3.63, 3.8) is 0 Å². The minimum Gasteiger partial charge on any atom is -0.478 e. The Labute approximate surface area is 223 Å². The molecule has 9 nitrogen and oxygen atoms in total. The number of amides is 3. The van der Waals surface area contributed by atoms with Crippen molar-refractivity contribution in [2.75, 3.05) is 14.1 Å². The van der Waals surface area contributed by atoms with Gasteiger partial charge in [-0.1, -0.05) is 60.6 Å². The molecule has 0 aromatic heterocycles. The summed E-state index contributed by atoms with van der Waals surface area (Å²) in [6, 6.07) is -2.48. The second-order valence-electron chi connectivity index (χ2n) is 12.7. The Balaban J connectivity index is 6.39. The van der Waals surface area contributed by atoms with E-state index in [-0.39, 0.29) is 17.4 Å². The van der Waals surface area contributed by atoms with Crippen molar-refractivity contribution in [3.8, 4) is 0 Å². The highest BCUT2D eigenvalue weighted by atomic mass is 16.6. The lowest BCUT2D eigenvalue weighted by atomic mass is 9.81. The molecule has 0 aromatic carbocycles. The first kappa shape index (κ1) is 34.2. The van der Waals surface area contributed by atoms with Crippen LogP contribution in [0.5, 0.6) is 0 Å². The SMILES string of the molecule is C=CC(C)(C)[C@@H](C(=O)N[C@H](C(=O)N(C)[C@H](C=C(C)C(=O)O)C(C)C)C(C)(C)C)N(C)C(=O)OC(C)(C)C. The molecule has 0 saturated carbocycles. The van der Waals surface area contributed by atoms with Gasteiger partial charge in [0, 0.05) is 25.1 Å². The summed E-state index contributed by atoms with van der Waals surface area (Å²) in [5.74, 6) is -2.04. The summed E-state index contributed by atoms with van der Waals surface area (Å²) in [4.78, 5) is 54.5. The number of nitrogens with one attached hydrogen (secondary N) is 1. The molecular weight excluding hydrogens is 474 g/mol. The number of hydrogen-bond donors (Lipinski definition) is 2. The monoisotopic (exact) mass is 523 g/mol. The van der Waals surface area contributed by atoms with Crippen LogP contribution in [0.3, 0.4) is 0 Å². The Bertz CT molecular complexity index is 893. The molecule has 9 heteroatoms. The second-order valence-corrected chi connectivity index (χ2v) is 12.7. The number of aliphatic carboxylic acids is 1. The van der Waals surface area contributed by atoms with Crippen LogP contribution in [0.1, 0.15) is 76.2 Å². The number of carboxylic acid groups (broad SMARTS) is 1. The Kier molecular flexibility index (Phi) is 11.6. The normalized spacial score (nSPS) is 15.4. The van der Waals surface area contributed by atoms with Gasteiger partial charge in [-0.2, -0.15) is 0 Å². The largest absolute Gasteiger partial charge is 0.478 e. The van der Waals surface area contributed by atoms with E-state index in [2.05, 4.69) is 11.9 Å². The summed E-state index contributed by atoms with van der Waals surface area (Å²) < 4.78 is 5.49. The molecule has 3 amide bonds. The van der Waals surface area contributed by atoms with Crippen LogP contribution in [0.4, 0.5) is 4.79 Å². The zero-order valence-corrected chi connectivity index (χ0v) is 25.1. The van der Waals surface area contributed by atoms with Crippen LogP contribution < -0.4 is 5.32 Å². The number of rotatable bonds is 10. The van der Waals surface area contributed by atoms with E-state index < -0.39 is 52.5 Å². The van der Waals surface area contributed by atoms with Crippen LogP contribution in [0.15, 0.2) is 24.3 Å². The average molecular weight is 524 g/mol. The van der Waals surface area contributed by atoms with Crippen LogP contribution in [0.2, 0.25) is 0 Å². The van der Waals surface area contributed by atoms with Crippen molar-refractivity contribution in [3.05, 3.63) is 24.3 Å². The van der Waals surface area contributed by atoms with Crippen molar-refractivity contribution in [1.29, 1.82) is 0 Å². The highest BCUT2D eigenvalue weighted by Gasteiger charge is 2.44. The van der Waals surface area contributed by atoms with E-state index in [0.29, 0.717) is 0 Å². The van der Waals surface area contributed by atoms with Gasteiger partial charge in [0.25, 0.3) is 0 Å². The summed E-state index contributed by atoms with van der Waals surface area (Å²) in [5, 5.41) is 12.2. The van der Waals surface area contributed by atoms with Crippen molar-refractivity contribution in [1.82, 2.24) is 15.1 Å². The molecule has 0 aliphatic heterocycles. The topological polar surface area (TPSA) is 116 Å². The van der Waals surface area contributed by atoms with Gasteiger partial charge in [0.15, 0.2) is 0 Å². The second kappa shape index (κ2) is 12.6. The highest BCUT2D eigenvalue weighted by Crippen LogP contribution is 2.29. The van der Waals surface area contributed by atoms with Crippen molar-refractivity contribution < 1.29 is 29.0 Å². The lowest BCUT2D eigenvalue weighted by molar-refractivity contribution is -0.142. The molecule has 0 fully saturated rings. The number of carbonyl (C=O) groups is 4. The molecule has 0 aliphatic carbocycles. The molecule has 0 aliphatic rings. The third-order valence-corrected chi connectivity index (χ3v) is 6.18. The van der Waals surface area contributed by atoms with Gasteiger partial charge in [-0.05, 0) is 39.0 Å². The maximum absolute atomic E-state index is 13.8. The fraction of sp³-hybridized carbons (Fsp3) is 0.714. The van der Waals surface area contributed by atoms with Crippen LogP contribution in [0.25, 0.3) is 0 Å². The minimum atomic E-state index is -1.06. The Morgan fingerprint density at radius 3 is 1.78 bits per heavy atom. The molecule has 3 atom stereocenters. The van der Waals surface area contributed by atoms with Crippen LogP contribution in [0, 0.1) is 16.7 Å². The van der Waals surface area contributed by atoms with E-state index in [0.717, 1.165) is 0 Å². The molecule has 0 bridgehead atoms. The number of likely N-dealkylation sites (N-methyl/N-ethyl adjacent to an activating group) is 2. The molecule has 0 rings (SSSR count). The Morgan fingerprint density at radius 2 is 1.43 bits per heavy atom. The fourth-order valence-corrected chi connectivity index (χ4v) is 3.86. The first-order chi connectivity index (χ1) is 16.5. The number of carbonyl (C=O) groups excluding carboxylic acids is 3. The van der Waals surface area contributed by atoms with Gasteiger partial charge in [0.05, 0.1) is 6.04 Å². The van der Waals surface area contributed by atoms with Gasteiger partial charge in [-0.15, -0.1) is 6.58 Å². The number of nitrogens with zero attached hydrogens (tertiary/aromatic N) is 2. The van der Waals surface area contributed by atoms with E-state index in [9.17, 15) is 24.3 Å². The summed E-state index contributed by atoms with van der Waals surface area (Å²) >= 11 is 0. The molecule has 0 spiro atoms. The van der Waals surface area contributed by atoms with Gasteiger partial charge in [0.1, 0.15) is 17.7 Å². The molecule has 0 unspecified atom stereocenters. The van der Waals surface area contributed by atoms with E-state index in [1.54, 1.807) is 53.8 Å². The maximum Gasteiger partial charge on any atom is 0.410 e. The zero-order valence-electron chi connectivity index (χ0n) is 25.1. The van der Waals surface area contributed by atoms with E-state index in [1.807, 2.05) is 34.6 Å². The Hall–Kier alpha value is -2.84. The zero-order chi connectivity index (χ0) is 29.7. The van der Waals surface area contributed by atoms with E-state index in [4.69, 9.17) is 4.74 Å². The lowest BCUT2D eigenvalue weighted by Gasteiger charge is -2.41. The third kappa shape index (κ3) is 9.85. The number of hydrogen-bond acceptors (Lipinski definition) is 5. The van der Waals surface area contributed by atoms with Crippen LogP contribution in [-0.4, -0.2) is 76.6 Å². The van der Waals surface area contributed by atoms with Crippen LogP contribution in [-0.2, 0) is 19.1 Å². The summed E-state index contributed by atoms with van der Waals surface area (Å²) in [6.07, 6.45) is 2.46. The van der Waals surface area contributed by atoms with Crippen molar-refractivity contribution >= 4 is 23.9 Å². The van der Waals surface area contributed by atoms with Gasteiger partial charge in [-0.25, -0.2) is 9.59 Å². The Morgan fingerprint density at radius 1 is 0.946 bits per heavy atom. The van der Waals surface area contributed by atoms with Crippen molar-refractivity contribution in [2.24, 2.45) is 16.7 Å². The quantitative estimate of drug-likeness (QED) is 0.322. The van der Waals surface area contributed by atoms with E-state index >= 15 is 0 Å². The van der Waals surface area contributed by atoms with Gasteiger partial charge in [0.2, 0.25) is 11.8 Å². The molecular formula is C28H49N3O6. The average Bonchev–Trinajstić information content (AvgIpc) is 2.72. The fourth-order valence-electron chi connectivity index (χ4n) is 3.86. The number of carboxylic acids is 1. The molecule has 212 valence electrons. The lowest BCUT2D eigenvalue weighted by Crippen LogP contribution is -2.62. The smallest absolute Gasteiger partial charge is 0.410 e. The molecule has 2 N–H and O–H groups in total. The standard InChI is InChI=1S/C28H49N3O6/c1-15-28(11,12)21(31(14)25(36)37-27(8,9)10)22(32)29-20(26(5,6)7)23(33)30(13)19(17(2)3)16-18(4)24(34)35/h15-17,19-21H,1H2,2-14H3,(H,29,32)(H,34,35)/t19-,20-,21-/m1/s1. The minimum absolute atomic E-state index is 0.0784. The first-order valence-electron chi connectivity index (χ1n) is 12.6. The number of ether oxygens (including phenoxy) is 1. The van der Waals surface area contributed by atoms with Gasteiger partial charge < -0.3 is 20.1 Å². The summed E-state index contributed by atoms with van der Waals surface area (Å²) in [7, 11) is 3.08. The third-order valence-electron chi connectivity index (χ3n) is 6.18. The molecule has 0 saturated heterocycles. The predicted octanol–water partition coefficient (Wildman–Crippen LogP) is 4.48. The summed E-state index contributed by atoms with van der Waals surface area (Å²) in [6.45, 7) is 23.4. The van der Waals surface area contributed by atoms with Crippen molar-refractivity contribution in [2.45, 2.75) is 99.9 Å². The molecule has 0 aromatic rings. The highest BCUT2D eigenvalue weighted by molar-refractivity contribution is 5.92. The van der Waals surface area contributed by atoms with Gasteiger partial charge in [-0.3, -0.25) is 14.5 Å². The summed E-state index contributed by atoms with van der Waals surface area (Å²) in [5.41, 5.74) is -2.18. The van der Waals surface area contributed by atoms with Gasteiger partial charge >= 0.3 is 12.1 Å². The first-order valence-corrected chi connectivity index (χ1v) is 12.6. The predicted molar refractivity (Wildman–Crippen MR) is 146 cm³/mol. The molecule has 37 heavy (non-hydrogen) atoms. The molecule has 0 heterocycles. The van der Waals surface area contributed by atoms with E-state index in [1.165, 1.54) is 23.8 Å². The van der Waals surface area contributed by atoms with Crippen LogP contribution >= 0.6 is 0 Å².